The Morgan fingerprint density at radius 2 is 2.14 bits per heavy atom. The fraction of sp³-hybridized carbons (Fsp3) is 0.588. The predicted molar refractivity (Wildman–Crippen MR) is 84.5 cm³/mol. The molecule has 0 saturated carbocycles. The van der Waals surface area contributed by atoms with E-state index in [1.807, 2.05) is 30.1 Å². The molecule has 0 bridgehead atoms. The van der Waals surface area contributed by atoms with Gasteiger partial charge in [-0.1, -0.05) is 25.1 Å². The van der Waals surface area contributed by atoms with Crippen molar-refractivity contribution in [1.29, 1.82) is 0 Å². The van der Waals surface area contributed by atoms with E-state index in [9.17, 15) is 4.79 Å². The number of rotatable bonds is 5. The van der Waals surface area contributed by atoms with Gasteiger partial charge < -0.3 is 15.0 Å². The zero-order valence-corrected chi connectivity index (χ0v) is 13.4. The van der Waals surface area contributed by atoms with Gasteiger partial charge in [0.1, 0.15) is 5.75 Å². The molecule has 0 radical (unpaired) electrons. The summed E-state index contributed by atoms with van der Waals surface area (Å²) in [6, 6.07) is 8.16. The summed E-state index contributed by atoms with van der Waals surface area (Å²) in [5.74, 6) is 1.66. The van der Waals surface area contributed by atoms with Crippen molar-refractivity contribution in [2.45, 2.75) is 26.3 Å². The van der Waals surface area contributed by atoms with Crippen LogP contribution in [-0.4, -0.2) is 44.1 Å². The molecule has 1 aromatic carbocycles. The Morgan fingerprint density at radius 3 is 2.76 bits per heavy atom. The normalized spacial score (nSPS) is 22.9. The molecule has 4 nitrogen and oxygen atoms in total. The third-order valence-electron chi connectivity index (χ3n) is 4.55. The number of methoxy groups -OCH3 is 1. The molecule has 21 heavy (non-hydrogen) atoms. The minimum atomic E-state index is 0.107. The van der Waals surface area contributed by atoms with E-state index in [0.29, 0.717) is 5.92 Å². The quantitative estimate of drug-likeness (QED) is 0.901. The van der Waals surface area contributed by atoms with Gasteiger partial charge in [-0.3, -0.25) is 4.79 Å². The Labute approximate surface area is 127 Å². The molecular weight excluding hydrogens is 264 g/mol. The van der Waals surface area contributed by atoms with Gasteiger partial charge in [-0.25, -0.2) is 0 Å². The molecule has 4 heteroatoms. The topological polar surface area (TPSA) is 41.6 Å². The molecule has 1 saturated heterocycles. The maximum Gasteiger partial charge on any atom is 0.227 e. The van der Waals surface area contributed by atoms with Crippen molar-refractivity contribution in [3.8, 4) is 5.75 Å². The Kier molecular flexibility index (Phi) is 5.23. The third-order valence-corrected chi connectivity index (χ3v) is 4.55. The second-order valence-electron chi connectivity index (χ2n) is 6.06. The molecule has 1 aliphatic rings. The highest BCUT2D eigenvalue weighted by Gasteiger charge is 2.33. The van der Waals surface area contributed by atoms with Crippen molar-refractivity contribution in [2.75, 3.05) is 27.2 Å². The van der Waals surface area contributed by atoms with Crippen LogP contribution in [0.1, 0.15) is 19.4 Å². The summed E-state index contributed by atoms with van der Waals surface area (Å²) in [5, 5.41) is 3.30. The lowest BCUT2D eigenvalue weighted by Gasteiger charge is -2.29. The Bertz CT molecular complexity index is 489. The number of nitrogens with one attached hydrogen (secondary N) is 1. The number of nitrogens with zero attached hydrogens (tertiary/aromatic N) is 1. The van der Waals surface area contributed by atoms with Gasteiger partial charge in [-0.15, -0.1) is 0 Å². The van der Waals surface area contributed by atoms with E-state index >= 15 is 0 Å². The lowest BCUT2D eigenvalue weighted by Crippen LogP contribution is -2.42. The van der Waals surface area contributed by atoms with Gasteiger partial charge in [0.25, 0.3) is 0 Å². The number of carbonyl (C=O) groups excluding carboxylic acids is 1. The first-order valence-corrected chi connectivity index (χ1v) is 7.63. The van der Waals surface area contributed by atoms with Crippen molar-refractivity contribution in [2.24, 2.45) is 11.8 Å². The van der Waals surface area contributed by atoms with Crippen LogP contribution in [0.2, 0.25) is 0 Å². The first-order chi connectivity index (χ1) is 10.0. The Balaban J connectivity index is 2.02. The maximum absolute atomic E-state index is 12.6. The van der Waals surface area contributed by atoms with E-state index in [2.05, 4.69) is 25.2 Å². The lowest BCUT2D eigenvalue weighted by molar-refractivity contribution is -0.136. The van der Waals surface area contributed by atoms with Gasteiger partial charge in [0.15, 0.2) is 0 Å². The van der Waals surface area contributed by atoms with Crippen LogP contribution < -0.4 is 10.1 Å². The first kappa shape index (κ1) is 15.8. The number of hydrogen-bond acceptors (Lipinski definition) is 3. The molecule has 2 rings (SSSR count). The van der Waals surface area contributed by atoms with Crippen LogP contribution in [-0.2, 0) is 11.2 Å². The number of likely N-dealkylation sites (N-methyl/N-ethyl adjacent to an activating group) is 1. The van der Waals surface area contributed by atoms with Crippen molar-refractivity contribution in [3.05, 3.63) is 29.8 Å². The standard InChI is InChI=1S/C17H26N2O2/c1-12-10-18-11-15(12)17(20)19(3)13(2)9-14-7-5-6-8-16(14)21-4/h5-8,12-13,15,18H,9-11H2,1-4H3/t12-,13?,15-/m1/s1. The van der Waals surface area contributed by atoms with Crippen LogP contribution in [0.5, 0.6) is 5.75 Å². The average molecular weight is 290 g/mol. The summed E-state index contributed by atoms with van der Waals surface area (Å²) in [7, 11) is 3.59. The van der Waals surface area contributed by atoms with E-state index < -0.39 is 0 Å². The minimum Gasteiger partial charge on any atom is -0.496 e. The smallest absolute Gasteiger partial charge is 0.227 e. The van der Waals surface area contributed by atoms with E-state index in [0.717, 1.165) is 30.8 Å². The summed E-state index contributed by atoms with van der Waals surface area (Å²) in [4.78, 5) is 14.5. The molecule has 1 aliphatic heterocycles. The minimum absolute atomic E-state index is 0.107. The van der Waals surface area contributed by atoms with Crippen LogP contribution in [0.25, 0.3) is 0 Å². The lowest BCUT2D eigenvalue weighted by atomic mass is 9.95. The average Bonchev–Trinajstić information content (AvgIpc) is 2.92. The highest BCUT2D eigenvalue weighted by atomic mass is 16.5. The van der Waals surface area contributed by atoms with Gasteiger partial charge in [0.2, 0.25) is 5.91 Å². The molecule has 0 aliphatic carbocycles. The molecule has 0 aromatic heterocycles. The Morgan fingerprint density at radius 1 is 1.43 bits per heavy atom. The van der Waals surface area contributed by atoms with Gasteiger partial charge in [0.05, 0.1) is 13.0 Å². The van der Waals surface area contributed by atoms with Crippen LogP contribution in [0.4, 0.5) is 0 Å². The summed E-state index contributed by atoms with van der Waals surface area (Å²) < 4.78 is 5.39. The van der Waals surface area contributed by atoms with Gasteiger partial charge in [0, 0.05) is 19.6 Å². The summed E-state index contributed by atoms with van der Waals surface area (Å²) in [5.41, 5.74) is 1.14. The molecule has 3 atom stereocenters. The molecular formula is C17H26N2O2. The van der Waals surface area contributed by atoms with E-state index in [1.54, 1.807) is 7.11 Å². The summed E-state index contributed by atoms with van der Waals surface area (Å²) >= 11 is 0. The molecule has 0 spiro atoms. The van der Waals surface area contributed by atoms with Crippen LogP contribution in [0, 0.1) is 11.8 Å². The van der Waals surface area contributed by atoms with E-state index in [1.165, 1.54) is 0 Å². The molecule has 1 unspecified atom stereocenters. The molecule has 1 aromatic rings. The Hall–Kier alpha value is -1.55. The van der Waals surface area contributed by atoms with Gasteiger partial charge >= 0.3 is 0 Å². The zero-order valence-electron chi connectivity index (χ0n) is 13.4. The fourth-order valence-corrected chi connectivity index (χ4v) is 2.95. The van der Waals surface area contributed by atoms with Crippen LogP contribution >= 0.6 is 0 Å². The highest BCUT2D eigenvalue weighted by molar-refractivity contribution is 5.79. The fourth-order valence-electron chi connectivity index (χ4n) is 2.95. The monoisotopic (exact) mass is 290 g/mol. The number of ether oxygens (including phenoxy) is 1. The molecule has 1 amide bonds. The zero-order chi connectivity index (χ0) is 15.4. The van der Waals surface area contributed by atoms with Crippen molar-refractivity contribution in [3.63, 3.8) is 0 Å². The molecule has 116 valence electrons. The summed E-state index contributed by atoms with van der Waals surface area (Å²) in [6.45, 7) is 5.97. The van der Waals surface area contributed by atoms with E-state index in [4.69, 9.17) is 4.74 Å². The van der Waals surface area contributed by atoms with Crippen molar-refractivity contribution < 1.29 is 9.53 Å². The number of carbonyl (C=O) groups is 1. The van der Waals surface area contributed by atoms with Crippen molar-refractivity contribution in [1.82, 2.24) is 10.2 Å². The van der Waals surface area contributed by atoms with Gasteiger partial charge in [-0.05, 0) is 37.4 Å². The predicted octanol–water partition coefficient (Wildman–Crippen LogP) is 1.94. The number of para-hydroxylation sites is 1. The second-order valence-corrected chi connectivity index (χ2v) is 6.06. The highest BCUT2D eigenvalue weighted by Crippen LogP contribution is 2.23. The van der Waals surface area contributed by atoms with Crippen LogP contribution in [0.15, 0.2) is 24.3 Å². The largest absolute Gasteiger partial charge is 0.496 e. The number of benzene rings is 1. The third kappa shape index (κ3) is 3.56. The maximum atomic E-state index is 12.6. The molecule has 1 N–H and O–H groups in total. The number of hydrogen-bond donors (Lipinski definition) is 1. The SMILES string of the molecule is COc1ccccc1CC(C)N(C)C(=O)[C@@H]1CNC[C@H]1C. The van der Waals surface area contributed by atoms with Crippen molar-refractivity contribution >= 4 is 5.91 Å². The summed E-state index contributed by atoms with van der Waals surface area (Å²) in [6.07, 6.45) is 0.806. The van der Waals surface area contributed by atoms with E-state index in [-0.39, 0.29) is 17.9 Å². The first-order valence-electron chi connectivity index (χ1n) is 7.63. The molecule has 1 fully saturated rings. The van der Waals surface area contributed by atoms with Crippen LogP contribution in [0.3, 0.4) is 0 Å². The molecule has 1 heterocycles. The second kappa shape index (κ2) is 6.94. The van der Waals surface area contributed by atoms with Gasteiger partial charge in [-0.2, -0.15) is 0 Å². The number of amides is 1.